The van der Waals surface area contributed by atoms with E-state index in [9.17, 15) is 9.59 Å². The fraction of sp³-hybridized carbons (Fsp3) is 0.381. The lowest BCUT2D eigenvalue weighted by atomic mass is 9.87. The molecule has 2 saturated heterocycles. The molecule has 1 atom stereocenters. The minimum absolute atomic E-state index is 0.0385. The molecule has 1 unspecified atom stereocenters. The van der Waals surface area contributed by atoms with Gasteiger partial charge in [-0.15, -0.1) is 0 Å². The smallest absolute Gasteiger partial charge is 0.272 e. The van der Waals surface area contributed by atoms with Gasteiger partial charge in [0.25, 0.3) is 11.8 Å². The summed E-state index contributed by atoms with van der Waals surface area (Å²) < 4.78 is 5.71. The molecule has 2 fully saturated rings. The van der Waals surface area contributed by atoms with Crippen LogP contribution >= 0.6 is 0 Å². The number of hydrogen-bond donors (Lipinski definition) is 0. The fourth-order valence-corrected chi connectivity index (χ4v) is 3.96. The summed E-state index contributed by atoms with van der Waals surface area (Å²) in [6, 6.07) is 13.4. The van der Waals surface area contributed by atoms with Gasteiger partial charge in [0.1, 0.15) is 12.3 Å². The highest BCUT2D eigenvalue weighted by Crippen LogP contribution is 2.35. The fourth-order valence-electron chi connectivity index (χ4n) is 3.96. The molecule has 6 nitrogen and oxygen atoms in total. The maximum atomic E-state index is 12.9. The number of hydrogen-bond acceptors (Lipinski definition) is 4. The summed E-state index contributed by atoms with van der Waals surface area (Å²) in [6.07, 6.45) is 2.46. The van der Waals surface area contributed by atoms with Crippen LogP contribution in [0.5, 0.6) is 0 Å². The zero-order chi connectivity index (χ0) is 18.9. The number of rotatable bonds is 2. The molecule has 2 aliphatic rings. The number of benzene rings is 1. The van der Waals surface area contributed by atoms with E-state index in [1.165, 1.54) is 0 Å². The Morgan fingerprint density at radius 1 is 1.15 bits per heavy atom. The van der Waals surface area contributed by atoms with Crippen LogP contribution in [-0.2, 0) is 9.53 Å². The molecule has 2 amide bonds. The second kappa shape index (κ2) is 7.12. The van der Waals surface area contributed by atoms with E-state index in [2.05, 4.69) is 4.98 Å². The minimum Gasteiger partial charge on any atom is -0.371 e. The number of amides is 2. The zero-order valence-electron chi connectivity index (χ0n) is 15.4. The first-order chi connectivity index (χ1) is 13.1. The molecule has 4 rings (SSSR count). The highest BCUT2D eigenvalue weighted by molar-refractivity contribution is 5.95. The second-order valence-corrected chi connectivity index (χ2v) is 7.45. The van der Waals surface area contributed by atoms with Crippen molar-refractivity contribution in [2.24, 2.45) is 5.41 Å². The van der Waals surface area contributed by atoms with Gasteiger partial charge in [-0.3, -0.25) is 14.6 Å². The number of likely N-dealkylation sites (tertiary alicyclic amines) is 1. The van der Waals surface area contributed by atoms with Crippen LogP contribution in [0.4, 0.5) is 5.69 Å². The lowest BCUT2D eigenvalue weighted by molar-refractivity contribution is -0.122. The first kappa shape index (κ1) is 17.7. The van der Waals surface area contributed by atoms with Crippen LogP contribution in [0.2, 0.25) is 0 Å². The zero-order valence-corrected chi connectivity index (χ0v) is 15.4. The predicted molar refractivity (Wildman–Crippen MR) is 102 cm³/mol. The summed E-state index contributed by atoms with van der Waals surface area (Å²) in [4.78, 5) is 33.4. The molecule has 0 bridgehead atoms. The number of para-hydroxylation sites is 1. The van der Waals surface area contributed by atoms with E-state index in [0.29, 0.717) is 31.9 Å². The summed E-state index contributed by atoms with van der Waals surface area (Å²) in [7, 11) is 0. The van der Waals surface area contributed by atoms with Gasteiger partial charge in [-0.2, -0.15) is 0 Å². The van der Waals surface area contributed by atoms with Crippen LogP contribution in [0.15, 0.2) is 48.7 Å². The summed E-state index contributed by atoms with van der Waals surface area (Å²) >= 11 is 0. The molecular weight excluding hydrogens is 342 g/mol. The first-order valence-electron chi connectivity index (χ1n) is 9.22. The van der Waals surface area contributed by atoms with Gasteiger partial charge in [-0.05, 0) is 37.1 Å². The molecule has 0 saturated carbocycles. The SMILES string of the molecule is Cc1cccnc1C(=O)N1CCC2(COCC(=O)N(c3ccccc3)C2)C1. The molecule has 0 aliphatic carbocycles. The monoisotopic (exact) mass is 365 g/mol. The molecule has 2 aromatic rings. The Hall–Kier alpha value is -2.73. The third-order valence-electron chi connectivity index (χ3n) is 5.43. The largest absolute Gasteiger partial charge is 0.371 e. The average molecular weight is 365 g/mol. The van der Waals surface area contributed by atoms with Crippen molar-refractivity contribution in [2.75, 3.05) is 37.7 Å². The second-order valence-electron chi connectivity index (χ2n) is 7.45. The molecule has 0 N–H and O–H groups in total. The summed E-state index contributed by atoms with van der Waals surface area (Å²) in [5.74, 6) is -0.0877. The number of aromatic nitrogens is 1. The van der Waals surface area contributed by atoms with E-state index in [-0.39, 0.29) is 23.8 Å². The first-order valence-corrected chi connectivity index (χ1v) is 9.22. The van der Waals surface area contributed by atoms with Crippen molar-refractivity contribution < 1.29 is 14.3 Å². The maximum Gasteiger partial charge on any atom is 0.272 e. The Labute approximate surface area is 158 Å². The van der Waals surface area contributed by atoms with Crippen molar-refractivity contribution >= 4 is 17.5 Å². The molecule has 1 aromatic heterocycles. The molecule has 0 radical (unpaired) electrons. The predicted octanol–water partition coefficient (Wildman–Crippen LogP) is 2.29. The highest BCUT2D eigenvalue weighted by atomic mass is 16.5. The standard InChI is InChI=1S/C21H23N3O3/c1-16-6-5-10-22-19(16)20(26)23-11-9-21(13-23)14-24(18(25)12-27-15-21)17-7-3-2-4-8-17/h2-8,10H,9,11-15H2,1H3. The number of carbonyl (C=O) groups is 2. The lowest BCUT2D eigenvalue weighted by Crippen LogP contribution is -2.43. The lowest BCUT2D eigenvalue weighted by Gasteiger charge is -2.32. The van der Waals surface area contributed by atoms with Crippen molar-refractivity contribution in [1.29, 1.82) is 0 Å². The number of ether oxygens (including phenoxy) is 1. The normalized spacial score (nSPS) is 22.9. The Bertz CT molecular complexity index is 855. The van der Waals surface area contributed by atoms with Gasteiger partial charge in [-0.1, -0.05) is 24.3 Å². The molecule has 1 aromatic carbocycles. The quantitative estimate of drug-likeness (QED) is 0.819. The molecule has 6 heteroatoms. The van der Waals surface area contributed by atoms with E-state index >= 15 is 0 Å². The molecule has 27 heavy (non-hydrogen) atoms. The van der Waals surface area contributed by atoms with Crippen molar-refractivity contribution in [3.05, 3.63) is 59.9 Å². The minimum atomic E-state index is -0.250. The molecular formula is C21H23N3O3. The molecule has 3 heterocycles. The van der Waals surface area contributed by atoms with Crippen molar-refractivity contribution in [2.45, 2.75) is 13.3 Å². The van der Waals surface area contributed by atoms with Crippen LogP contribution in [0.3, 0.4) is 0 Å². The third-order valence-corrected chi connectivity index (χ3v) is 5.43. The number of anilines is 1. The Balaban J connectivity index is 1.56. The number of pyridine rings is 1. The highest BCUT2D eigenvalue weighted by Gasteiger charge is 2.44. The molecule has 140 valence electrons. The summed E-state index contributed by atoms with van der Waals surface area (Å²) in [5, 5.41) is 0. The van der Waals surface area contributed by atoms with Gasteiger partial charge in [0, 0.05) is 36.9 Å². The van der Waals surface area contributed by atoms with Crippen LogP contribution in [-0.4, -0.2) is 54.5 Å². The van der Waals surface area contributed by atoms with Crippen LogP contribution in [0.1, 0.15) is 22.5 Å². The summed E-state index contributed by atoms with van der Waals surface area (Å²) in [5.41, 5.74) is 2.00. The van der Waals surface area contributed by atoms with Gasteiger partial charge in [0.15, 0.2) is 0 Å². The topological polar surface area (TPSA) is 62.7 Å². The van der Waals surface area contributed by atoms with E-state index in [0.717, 1.165) is 17.7 Å². The van der Waals surface area contributed by atoms with Crippen LogP contribution < -0.4 is 4.90 Å². The van der Waals surface area contributed by atoms with E-state index in [4.69, 9.17) is 4.74 Å². The Kier molecular flexibility index (Phi) is 4.66. The Morgan fingerprint density at radius 3 is 2.74 bits per heavy atom. The van der Waals surface area contributed by atoms with Crippen molar-refractivity contribution in [3.8, 4) is 0 Å². The van der Waals surface area contributed by atoms with Crippen molar-refractivity contribution in [3.63, 3.8) is 0 Å². The van der Waals surface area contributed by atoms with Gasteiger partial charge in [0.2, 0.25) is 0 Å². The number of aryl methyl sites for hydroxylation is 1. The average Bonchev–Trinajstić information content (AvgIpc) is 3.03. The van der Waals surface area contributed by atoms with Gasteiger partial charge in [-0.25, -0.2) is 0 Å². The molecule has 2 aliphatic heterocycles. The maximum absolute atomic E-state index is 12.9. The van der Waals surface area contributed by atoms with Gasteiger partial charge >= 0.3 is 0 Å². The van der Waals surface area contributed by atoms with E-state index < -0.39 is 0 Å². The molecule has 1 spiro atoms. The number of carbonyl (C=O) groups excluding carboxylic acids is 2. The number of nitrogens with zero attached hydrogens (tertiary/aromatic N) is 3. The summed E-state index contributed by atoms with van der Waals surface area (Å²) in [6.45, 7) is 4.22. The van der Waals surface area contributed by atoms with Gasteiger partial charge < -0.3 is 14.5 Å². The van der Waals surface area contributed by atoms with Crippen LogP contribution in [0.25, 0.3) is 0 Å². The van der Waals surface area contributed by atoms with E-state index in [1.54, 1.807) is 11.1 Å². The van der Waals surface area contributed by atoms with Crippen molar-refractivity contribution in [1.82, 2.24) is 9.88 Å². The van der Waals surface area contributed by atoms with E-state index in [1.807, 2.05) is 54.3 Å². The third kappa shape index (κ3) is 3.45. The van der Waals surface area contributed by atoms with Gasteiger partial charge in [0.05, 0.1) is 6.61 Å². The Morgan fingerprint density at radius 2 is 1.96 bits per heavy atom. The van der Waals surface area contributed by atoms with Crippen LogP contribution in [0, 0.1) is 12.3 Å².